The zero-order chi connectivity index (χ0) is 34.1. The average Bonchev–Trinajstić information content (AvgIpc) is 3.00. The lowest BCUT2D eigenvalue weighted by atomic mass is 9.88. The molecule has 1 aliphatic heterocycles. The fourth-order valence-corrected chi connectivity index (χ4v) is 4.86. The molecule has 0 saturated carbocycles. The smallest absolute Gasteiger partial charge is 0.420 e. The minimum absolute atomic E-state index is 0.0329. The van der Waals surface area contributed by atoms with Gasteiger partial charge in [-0.3, -0.25) is 4.79 Å². The number of aryl methyl sites for hydroxylation is 1. The van der Waals surface area contributed by atoms with Crippen molar-refractivity contribution in [3.63, 3.8) is 0 Å². The maximum absolute atomic E-state index is 13.9. The number of hydrogen-bond acceptors (Lipinski definition) is 7. The Morgan fingerprint density at radius 2 is 1.89 bits per heavy atom. The number of nitrogens with one attached hydrogen (secondary N) is 1. The standard InChI is InChI=1S/C35H39F3N4O4/c1-8-11-26(21-31(43)45-7)23(9-2)12-15-30-28(35(36,37)38)22-39-32(41-30)40-29-14-13-27(20-24(29)10-3)25-16-18-42(19-17-25)33(44)46-34(4,5)6/h2,8,11,13-14,20,22,25H,10,16-19,21H2,1,3-7H3,(H,39,40,41)/b11-8-,26-23-. The van der Waals surface area contributed by atoms with Gasteiger partial charge in [0.2, 0.25) is 5.95 Å². The van der Waals surface area contributed by atoms with E-state index in [0.717, 1.165) is 24.0 Å². The van der Waals surface area contributed by atoms with Crippen LogP contribution in [0, 0.1) is 24.2 Å². The van der Waals surface area contributed by atoms with Crippen molar-refractivity contribution in [3.05, 3.63) is 70.1 Å². The number of nitrogens with zero attached hydrogens (tertiary/aromatic N) is 3. The maximum atomic E-state index is 13.9. The first-order chi connectivity index (χ1) is 21.7. The molecule has 8 nitrogen and oxygen atoms in total. The fraction of sp³-hybridized carbons (Fsp3) is 0.429. The molecule has 1 fully saturated rings. The number of aromatic nitrogens is 2. The zero-order valence-corrected chi connectivity index (χ0v) is 27.0. The summed E-state index contributed by atoms with van der Waals surface area (Å²) in [5, 5.41) is 3.04. The van der Waals surface area contributed by atoms with E-state index in [2.05, 4.69) is 43.8 Å². The summed E-state index contributed by atoms with van der Waals surface area (Å²) in [5.74, 6) is 6.97. The third-order valence-corrected chi connectivity index (χ3v) is 7.17. The highest BCUT2D eigenvalue weighted by Gasteiger charge is 2.35. The number of ether oxygens (including phenoxy) is 2. The molecule has 244 valence electrons. The Hall–Kier alpha value is -4.77. The number of hydrogen-bond donors (Lipinski definition) is 1. The highest BCUT2D eigenvalue weighted by molar-refractivity contribution is 5.75. The Kier molecular flexibility index (Phi) is 12.0. The van der Waals surface area contributed by atoms with E-state index < -0.39 is 29.0 Å². The number of carbonyl (C=O) groups excluding carboxylic acids is 2. The monoisotopic (exact) mass is 636 g/mol. The summed E-state index contributed by atoms with van der Waals surface area (Å²) in [6.07, 6.45) is 6.39. The lowest BCUT2D eigenvalue weighted by Gasteiger charge is -2.33. The van der Waals surface area contributed by atoms with Crippen LogP contribution in [0.2, 0.25) is 0 Å². The largest absolute Gasteiger partial charge is 0.469 e. The average molecular weight is 637 g/mol. The van der Waals surface area contributed by atoms with Crippen molar-refractivity contribution >= 4 is 23.7 Å². The number of likely N-dealkylation sites (tertiary alicyclic amines) is 1. The Bertz CT molecular complexity index is 1600. The van der Waals surface area contributed by atoms with Crippen molar-refractivity contribution in [3.8, 4) is 24.2 Å². The van der Waals surface area contributed by atoms with E-state index >= 15 is 0 Å². The van der Waals surface area contributed by atoms with Crippen LogP contribution in [0.5, 0.6) is 0 Å². The molecule has 0 atom stereocenters. The number of esters is 1. The first-order valence-electron chi connectivity index (χ1n) is 14.9. The number of halogens is 3. The van der Waals surface area contributed by atoms with E-state index in [1.54, 1.807) is 24.0 Å². The first kappa shape index (κ1) is 35.7. The van der Waals surface area contributed by atoms with Gasteiger partial charge in [-0.1, -0.05) is 43.0 Å². The number of benzene rings is 1. The number of piperidine rings is 1. The van der Waals surface area contributed by atoms with Gasteiger partial charge in [-0.25, -0.2) is 14.8 Å². The lowest BCUT2D eigenvalue weighted by molar-refractivity contribution is -0.140. The number of alkyl halides is 3. The molecule has 0 aliphatic carbocycles. The highest BCUT2D eigenvalue weighted by Crippen LogP contribution is 2.34. The van der Waals surface area contributed by atoms with Gasteiger partial charge in [0.05, 0.1) is 19.1 Å². The first-order valence-corrected chi connectivity index (χ1v) is 14.9. The van der Waals surface area contributed by atoms with Gasteiger partial charge in [0.1, 0.15) is 16.9 Å². The summed E-state index contributed by atoms with van der Waals surface area (Å²) in [4.78, 5) is 34.0. The number of allylic oxidation sites excluding steroid dienone is 3. The Morgan fingerprint density at radius 3 is 2.46 bits per heavy atom. The van der Waals surface area contributed by atoms with Gasteiger partial charge in [0.25, 0.3) is 0 Å². The van der Waals surface area contributed by atoms with Crippen LogP contribution in [0.3, 0.4) is 0 Å². The Morgan fingerprint density at radius 1 is 1.20 bits per heavy atom. The van der Waals surface area contributed by atoms with E-state index in [0.29, 0.717) is 37.0 Å². The summed E-state index contributed by atoms with van der Waals surface area (Å²) in [7, 11) is 1.22. The van der Waals surface area contributed by atoms with Crippen LogP contribution in [0.4, 0.5) is 29.6 Å². The summed E-state index contributed by atoms with van der Waals surface area (Å²) in [6, 6.07) is 5.89. The van der Waals surface area contributed by atoms with E-state index in [-0.39, 0.29) is 30.0 Å². The molecule has 1 aromatic carbocycles. The molecule has 0 radical (unpaired) electrons. The van der Waals surface area contributed by atoms with E-state index in [1.165, 1.54) is 7.11 Å². The molecular weight excluding hydrogens is 597 g/mol. The summed E-state index contributed by atoms with van der Waals surface area (Å²) < 4.78 is 51.8. The summed E-state index contributed by atoms with van der Waals surface area (Å²) in [5.41, 5.74) is 0.810. The van der Waals surface area contributed by atoms with E-state index in [4.69, 9.17) is 11.2 Å². The van der Waals surface area contributed by atoms with Gasteiger partial charge in [0.15, 0.2) is 0 Å². The summed E-state index contributed by atoms with van der Waals surface area (Å²) in [6.45, 7) is 10.4. The fourth-order valence-electron chi connectivity index (χ4n) is 4.86. The second-order valence-electron chi connectivity index (χ2n) is 11.6. The molecule has 3 rings (SSSR count). The second kappa shape index (κ2) is 15.5. The van der Waals surface area contributed by atoms with Gasteiger partial charge < -0.3 is 19.7 Å². The molecule has 1 aromatic heterocycles. The van der Waals surface area contributed by atoms with Crippen molar-refractivity contribution < 1.29 is 32.2 Å². The van der Waals surface area contributed by atoms with Crippen molar-refractivity contribution in [2.45, 2.75) is 78.0 Å². The number of carbonyl (C=O) groups is 2. The molecule has 2 heterocycles. The Labute approximate surface area is 268 Å². The SMILES string of the molecule is C#C/C(C#Cc1nc(Nc2ccc(C3CCN(C(=O)OC(C)(C)C)CC3)cc2CC)ncc1C(F)(F)F)=C(\C=C/C)CC(=O)OC. The molecular formula is C35H39F3N4O4. The van der Waals surface area contributed by atoms with Crippen molar-refractivity contribution in [1.82, 2.24) is 14.9 Å². The number of methoxy groups -OCH3 is 1. The van der Waals surface area contributed by atoms with Gasteiger partial charge in [-0.15, -0.1) is 6.42 Å². The van der Waals surface area contributed by atoms with Crippen LogP contribution < -0.4 is 5.32 Å². The maximum Gasteiger partial charge on any atom is 0.420 e. The number of rotatable bonds is 7. The number of anilines is 2. The topological polar surface area (TPSA) is 93.7 Å². The third-order valence-electron chi connectivity index (χ3n) is 7.17. The lowest BCUT2D eigenvalue weighted by Crippen LogP contribution is -2.41. The van der Waals surface area contributed by atoms with Crippen LogP contribution in [0.1, 0.15) is 82.2 Å². The molecule has 2 aromatic rings. The van der Waals surface area contributed by atoms with Gasteiger partial charge in [0, 0.05) is 25.0 Å². The molecule has 46 heavy (non-hydrogen) atoms. The predicted octanol–water partition coefficient (Wildman–Crippen LogP) is 7.34. The summed E-state index contributed by atoms with van der Waals surface area (Å²) >= 11 is 0. The van der Waals surface area contributed by atoms with Crippen molar-refractivity contribution in [1.29, 1.82) is 0 Å². The minimum atomic E-state index is -4.77. The second-order valence-corrected chi connectivity index (χ2v) is 11.6. The molecule has 1 amide bonds. The molecule has 0 spiro atoms. The van der Waals surface area contributed by atoms with Crippen LogP contribution in [-0.2, 0) is 26.9 Å². The van der Waals surface area contributed by atoms with Crippen molar-refractivity contribution in [2.24, 2.45) is 0 Å². The predicted molar refractivity (Wildman–Crippen MR) is 170 cm³/mol. The molecule has 1 saturated heterocycles. The van der Waals surface area contributed by atoms with Gasteiger partial charge >= 0.3 is 18.2 Å². The van der Waals surface area contributed by atoms with Gasteiger partial charge in [-0.2, -0.15) is 13.2 Å². The van der Waals surface area contributed by atoms with Crippen molar-refractivity contribution in [2.75, 3.05) is 25.5 Å². The molecule has 1 aliphatic rings. The van der Waals surface area contributed by atoms with E-state index in [9.17, 15) is 22.8 Å². The molecule has 0 unspecified atom stereocenters. The van der Waals surface area contributed by atoms with Crippen LogP contribution in [0.25, 0.3) is 0 Å². The van der Waals surface area contributed by atoms with Gasteiger partial charge in [-0.05, 0) is 81.6 Å². The van der Waals surface area contributed by atoms with Crippen LogP contribution in [-0.4, -0.2) is 52.7 Å². The molecule has 1 N–H and O–H groups in total. The normalized spacial score (nSPS) is 14.6. The van der Waals surface area contributed by atoms with Crippen LogP contribution >= 0.6 is 0 Å². The van der Waals surface area contributed by atoms with E-state index in [1.807, 2.05) is 39.8 Å². The number of terminal acetylenes is 1. The molecule has 11 heteroatoms. The zero-order valence-electron chi connectivity index (χ0n) is 27.0. The highest BCUT2D eigenvalue weighted by atomic mass is 19.4. The Balaban J connectivity index is 1.88. The minimum Gasteiger partial charge on any atom is -0.469 e. The molecule has 0 bridgehead atoms. The quantitative estimate of drug-likeness (QED) is 0.193. The number of amides is 1. The van der Waals surface area contributed by atoms with Crippen LogP contribution in [0.15, 0.2) is 47.7 Å². The third kappa shape index (κ3) is 9.87.